The first-order valence-corrected chi connectivity index (χ1v) is 7.82. The normalized spacial score (nSPS) is 15.4. The lowest BCUT2D eigenvalue weighted by atomic mass is 10.1. The highest BCUT2D eigenvalue weighted by Crippen LogP contribution is 2.20. The maximum atomic E-state index is 12.7. The molecule has 120 valence electrons. The Kier molecular flexibility index (Phi) is 4.88. The predicted octanol–water partition coefficient (Wildman–Crippen LogP) is 2.05. The second-order valence-corrected chi connectivity index (χ2v) is 5.59. The molecule has 2 heterocycles. The predicted molar refractivity (Wildman–Crippen MR) is 88.4 cm³/mol. The Hall–Kier alpha value is -2.40. The molecule has 23 heavy (non-hydrogen) atoms. The molecule has 1 aromatic carbocycles. The van der Waals surface area contributed by atoms with E-state index < -0.39 is 0 Å². The zero-order valence-electron chi connectivity index (χ0n) is 13.3. The highest BCUT2D eigenvalue weighted by atomic mass is 16.5. The fourth-order valence-corrected chi connectivity index (χ4v) is 2.82. The van der Waals surface area contributed by atoms with Gasteiger partial charge in [0.05, 0.1) is 18.4 Å². The molecule has 1 aromatic heterocycles. The lowest BCUT2D eigenvalue weighted by Crippen LogP contribution is -2.48. The van der Waals surface area contributed by atoms with E-state index in [2.05, 4.69) is 9.88 Å². The van der Waals surface area contributed by atoms with Gasteiger partial charge in [0.1, 0.15) is 5.75 Å². The molecular weight excluding hydrogens is 290 g/mol. The van der Waals surface area contributed by atoms with Crippen molar-refractivity contribution < 1.29 is 9.53 Å². The number of aromatic nitrogens is 1. The minimum Gasteiger partial charge on any atom is -0.496 e. The van der Waals surface area contributed by atoms with Gasteiger partial charge in [0, 0.05) is 38.9 Å². The summed E-state index contributed by atoms with van der Waals surface area (Å²) in [5, 5.41) is 0. The molecule has 5 heteroatoms. The summed E-state index contributed by atoms with van der Waals surface area (Å²) >= 11 is 0. The summed E-state index contributed by atoms with van der Waals surface area (Å²) in [6, 6.07) is 13.4. The molecule has 0 N–H and O–H groups in total. The summed E-state index contributed by atoms with van der Waals surface area (Å²) in [6.45, 7) is 4.00. The number of para-hydroxylation sites is 1. The van der Waals surface area contributed by atoms with Gasteiger partial charge in [-0.05, 0) is 24.3 Å². The van der Waals surface area contributed by atoms with Crippen LogP contribution in [0.3, 0.4) is 0 Å². The molecule has 1 saturated heterocycles. The van der Waals surface area contributed by atoms with Crippen molar-refractivity contribution in [1.29, 1.82) is 0 Å². The molecule has 1 fully saturated rings. The van der Waals surface area contributed by atoms with Crippen LogP contribution in [0.2, 0.25) is 0 Å². The maximum absolute atomic E-state index is 12.7. The quantitative estimate of drug-likeness (QED) is 0.867. The van der Waals surface area contributed by atoms with Crippen molar-refractivity contribution in [3.63, 3.8) is 0 Å². The fourth-order valence-electron chi connectivity index (χ4n) is 2.82. The lowest BCUT2D eigenvalue weighted by Gasteiger charge is -2.34. The van der Waals surface area contributed by atoms with Crippen LogP contribution in [0, 0.1) is 0 Å². The smallest absolute Gasteiger partial charge is 0.257 e. The van der Waals surface area contributed by atoms with E-state index in [0.717, 1.165) is 38.4 Å². The topological polar surface area (TPSA) is 45.7 Å². The van der Waals surface area contributed by atoms with E-state index in [1.165, 1.54) is 0 Å². The van der Waals surface area contributed by atoms with Crippen LogP contribution in [0.15, 0.2) is 48.7 Å². The maximum Gasteiger partial charge on any atom is 0.257 e. The zero-order chi connectivity index (χ0) is 16.1. The summed E-state index contributed by atoms with van der Waals surface area (Å²) in [5.41, 5.74) is 1.70. The number of carbonyl (C=O) groups is 1. The van der Waals surface area contributed by atoms with Crippen molar-refractivity contribution in [3.05, 3.63) is 59.9 Å². The Morgan fingerprint density at radius 1 is 1.09 bits per heavy atom. The number of piperazine rings is 1. The van der Waals surface area contributed by atoms with Crippen molar-refractivity contribution in [3.8, 4) is 5.75 Å². The van der Waals surface area contributed by atoms with Crippen LogP contribution in [-0.4, -0.2) is 54.0 Å². The first-order chi connectivity index (χ1) is 11.3. The highest BCUT2D eigenvalue weighted by molar-refractivity contribution is 5.97. The van der Waals surface area contributed by atoms with Gasteiger partial charge in [0.15, 0.2) is 0 Å². The summed E-state index contributed by atoms with van der Waals surface area (Å²) in [6.07, 6.45) is 1.82. The van der Waals surface area contributed by atoms with Gasteiger partial charge in [-0.2, -0.15) is 0 Å². The van der Waals surface area contributed by atoms with Crippen molar-refractivity contribution in [2.45, 2.75) is 6.54 Å². The van der Waals surface area contributed by atoms with Gasteiger partial charge in [-0.3, -0.25) is 14.7 Å². The molecule has 0 saturated carbocycles. The van der Waals surface area contributed by atoms with Gasteiger partial charge >= 0.3 is 0 Å². The standard InChI is InChI=1S/C18H21N3O2/c1-23-17-8-3-2-7-16(17)18(22)21-12-10-20(11-13-21)14-15-6-4-5-9-19-15/h2-9H,10-14H2,1H3. The van der Waals surface area contributed by atoms with Crippen LogP contribution in [0.4, 0.5) is 0 Å². The number of nitrogens with zero attached hydrogens (tertiary/aromatic N) is 3. The Bertz CT molecular complexity index is 652. The van der Waals surface area contributed by atoms with Crippen LogP contribution in [0.25, 0.3) is 0 Å². The number of rotatable bonds is 4. The average Bonchev–Trinajstić information content (AvgIpc) is 2.62. The number of hydrogen-bond acceptors (Lipinski definition) is 4. The number of hydrogen-bond donors (Lipinski definition) is 0. The summed E-state index contributed by atoms with van der Waals surface area (Å²) < 4.78 is 5.29. The van der Waals surface area contributed by atoms with Gasteiger partial charge in [0.25, 0.3) is 5.91 Å². The summed E-state index contributed by atoms with van der Waals surface area (Å²) in [4.78, 5) is 21.2. The average molecular weight is 311 g/mol. The number of ether oxygens (including phenoxy) is 1. The number of benzene rings is 1. The molecule has 1 amide bonds. The van der Waals surface area contributed by atoms with Crippen LogP contribution in [-0.2, 0) is 6.54 Å². The molecule has 1 aliphatic heterocycles. The van der Waals surface area contributed by atoms with Crippen molar-refractivity contribution in [1.82, 2.24) is 14.8 Å². The van der Waals surface area contributed by atoms with Crippen LogP contribution in [0.1, 0.15) is 16.1 Å². The third-order valence-corrected chi connectivity index (χ3v) is 4.11. The molecule has 0 unspecified atom stereocenters. The van der Waals surface area contributed by atoms with Crippen molar-refractivity contribution in [2.24, 2.45) is 0 Å². The number of pyridine rings is 1. The van der Waals surface area contributed by atoms with Crippen molar-refractivity contribution >= 4 is 5.91 Å². The molecule has 2 aromatic rings. The second-order valence-electron chi connectivity index (χ2n) is 5.59. The Morgan fingerprint density at radius 2 is 1.83 bits per heavy atom. The third kappa shape index (κ3) is 3.68. The largest absolute Gasteiger partial charge is 0.496 e. The molecule has 5 nitrogen and oxygen atoms in total. The van der Waals surface area contributed by atoms with E-state index in [1.807, 2.05) is 53.6 Å². The van der Waals surface area contributed by atoms with E-state index in [4.69, 9.17) is 4.74 Å². The lowest BCUT2D eigenvalue weighted by molar-refractivity contribution is 0.0624. The van der Waals surface area contributed by atoms with E-state index in [9.17, 15) is 4.79 Å². The van der Waals surface area contributed by atoms with Gasteiger partial charge in [-0.1, -0.05) is 18.2 Å². The monoisotopic (exact) mass is 311 g/mol. The van der Waals surface area contributed by atoms with E-state index >= 15 is 0 Å². The van der Waals surface area contributed by atoms with Crippen LogP contribution >= 0.6 is 0 Å². The van der Waals surface area contributed by atoms with Gasteiger partial charge < -0.3 is 9.64 Å². The molecule has 1 aliphatic rings. The number of carbonyl (C=O) groups excluding carboxylic acids is 1. The highest BCUT2D eigenvalue weighted by Gasteiger charge is 2.24. The van der Waals surface area contributed by atoms with Crippen LogP contribution in [0.5, 0.6) is 5.75 Å². The SMILES string of the molecule is COc1ccccc1C(=O)N1CCN(Cc2ccccn2)CC1. The molecule has 0 radical (unpaired) electrons. The molecule has 3 rings (SSSR count). The van der Waals surface area contributed by atoms with E-state index in [1.54, 1.807) is 7.11 Å². The fraction of sp³-hybridized carbons (Fsp3) is 0.333. The second kappa shape index (κ2) is 7.24. The Labute approximate surface area is 136 Å². The van der Waals surface area contributed by atoms with Gasteiger partial charge in [-0.15, -0.1) is 0 Å². The Balaban J connectivity index is 1.59. The minimum absolute atomic E-state index is 0.0416. The molecular formula is C18H21N3O2. The first kappa shape index (κ1) is 15.5. The van der Waals surface area contributed by atoms with Crippen molar-refractivity contribution in [2.75, 3.05) is 33.3 Å². The first-order valence-electron chi connectivity index (χ1n) is 7.82. The summed E-state index contributed by atoms with van der Waals surface area (Å²) in [7, 11) is 1.59. The van der Waals surface area contributed by atoms with Gasteiger partial charge in [-0.25, -0.2) is 0 Å². The molecule has 0 atom stereocenters. The van der Waals surface area contributed by atoms with Gasteiger partial charge in [0.2, 0.25) is 0 Å². The van der Waals surface area contributed by atoms with E-state index in [0.29, 0.717) is 11.3 Å². The summed E-state index contributed by atoms with van der Waals surface area (Å²) in [5.74, 6) is 0.674. The molecule has 0 aliphatic carbocycles. The molecule has 0 bridgehead atoms. The number of amides is 1. The third-order valence-electron chi connectivity index (χ3n) is 4.11. The van der Waals surface area contributed by atoms with E-state index in [-0.39, 0.29) is 5.91 Å². The minimum atomic E-state index is 0.0416. The van der Waals surface area contributed by atoms with Crippen LogP contribution < -0.4 is 4.74 Å². The number of methoxy groups -OCH3 is 1. The Morgan fingerprint density at radius 3 is 2.52 bits per heavy atom. The zero-order valence-corrected chi connectivity index (χ0v) is 13.3. The molecule has 0 spiro atoms.